The summed E-state index contributed by atoms with van der Waals surface area (Å²) in [5, 5.41) is 10.3. The third-order valence-corrected chi connectivity index (χ3v) is 4.86. The number of phenolic OH excluding ortho intramolecular Hbond substituents is 1. The van der Waals surface area contributed by atoms with Crippen LogP contribution in [0.2, 0.25) is 0 Å². The molecule has 1 saturated carbocycles. The molecule has 1 N–H and O–H groups in total. The van der Waals surface area contributed by atoms with E-state index in [4.69, 9.17) is 0 Å². The smallest absolute Gasteiger partial charge is 0.159 e. The van der Waals surface area contributed by atoms with Crippen LogP contribution >= 0.6 is 0 Å². The molecular weight excluding hydrogens is 262 g/mol. The van der Waals surface area contributed by atoms with Gasteiger partial charge in [-0.25, -0.2) is 0 Å². The molecule has 0 saturated heterocycles. The van der Waals surface area contributed by atoms with Gasteiger partial charge in [-0.15, -0.1) is 0 Å². The van der Waals surface area contributed by atoms with E-state index in [0.717, 1.165) is 11.3 Å². The second kappa shape index (κ2) is 5.92. The van der Waals surface area contributed by atoms with Crippen molar-refractivity contribution in [2.75, 3.05) is 4.90 Å². The van der Waals surface area contributed by atoms with Crippen LogP contribution in [0.5, 0.6) is 5.75 Å². The summed E-state index contributed by atoms with van der Waals surface area (Å²) in [4.78, 5) is 14.0. The van der Waals surface area contributed by atoms with E-state index in [1.54, 1.807) is 12.1 Å². The van der Waals surface area contributed by atoms with Gasteiger partial charge >= 0.3 is 0 Å². The Morgan fingerprint density at radius 3 is 2.67 bits per heavy atom. The van der Waals surface area contributed by atoms with Gasteiger partial charge in [0.2, 0.25) is 0 Å². The minimum atomic E-state index is 0.190. The first-order valence-electron chi connectivity index (χ1n) is 7.95. The summed E-state index contributed by atoms with van der Waals surface area (Å²) < 4.78 is 0. The Morgan fingerprint density at radius 1 is 1.19 bits per heavy atom. The maximum atomic E-state index is 11.9. The molecule has 0 amide bonds. The topological polar surface area (TPSA) is 40.5 Å². The maximum Gasteiger partial charge on any atom is 0.159 e. The number of aryl methyl sites for hydroxylation is 1. The molecule has 2 aliphatic rings. The van der Waals surface area contributed by atoms with E-state index < -0.39 is 0 Å². The van der Waals surface area contributed by atoms with E-state index in [1.165, 1.54) is 32.1 Å². The number of hydrogen-bond donors (Lipinski definition) is 1. The molecule has 1 heterocycles. The minimum absolute atomic E-state index is 0.190. The second-order valence-electron chi connectivity index (χ2n) is 6.30. The number of ketones is 1. The van der Waals surface area contributed by atoms with Crippen molar-refractivity contribution in [3.63, 3.8) is 0 Å². The summed E-state index contributed by atoms with van der Waals surface area (Å²) in [5.74, 6) is 1.05. The zero-order chi connectivity index (χ0) is 14.8. The van der Waals surface area contributed by atoms with E-state index in [0.29, 0.717) is 18.1 Å². The summed E-state index contributed by atoms with van der Waals surface area (Å²) in [6.45, 7) is 2.01. The summed E-state index contributed by atoms with van der Waals surface area (Å²) in [6, 6.07) is 5.79. The lowest BCUT2D eigenvalue weighted by Gasteiger charge is -2.40. The Bertz CT molecular complexity index is 538. The van der Waals surface area contributed by atoms with Gasteiger partial charge in [-0.1, -0.05) is 31.4 Å². The first-order valence-corrected chi connectivity index (χ1v) is 7.95. The van der Waals surface area contributed by atoms with Crippen LogP contribution in [0.4, 0.5) is 5.69 Å². The largest absolute Gasteiger partial charge is 0.506 e. The van der Waals surface area contributed by atoms with Crippen LogP contribution in [0.3, 0.4) is 0 Å². The van der Waals surface area contributed by atoms with Gasteiger partial charge in [0.1, 0.15) is 5.75 Å². The number of para-hydroxylation sites is 1. The van der Waals surface area contributed by atoms with Crippen LogP contribution in [-0.4, -0.2) is 16.9 Å². The number of nitrogens with zero attached hydrogens (tertiary/aromatic N) is 1. The number of carbonyl (C=O) groups excluding carboxylic acids is 1. The number of benzene rings is 1. The van der Waals surface area contributed by atoms with Gasteiger partial charge in [0.05, 0.1) is 5.69 Å². The number of allylic oxidation sites excluding steroid dienone is 1. The number of aromatic hydroxyl groups is 1. The molecule has 0 spiro atoms. The highest BCUT2D eigenvalue weighted by atomic mass is 16.3. The minimum Gasteiger partial charge on any atom is -0.506 e. The van der Waals surface area contributed by atoms with Gasteiger partial charge in [-0.2, -0.15) is 0 Å². The third-order valence-electron chi connectivity index (χ3n) is 4.86. The summed E-state index contributed by atoms with van der Waals surface area (Å²) in [6.07, 6.45) is 10.3. The highest BCUT2D eigenvalue weighted by Crippen LogP contribution is 2.39. The average Bonchev–Trinajstić information content (AvgIpc) is 2.49. The molecule has 112 valence electrons. The van der Waals surface area contributed by atoms with Crippen molar-refractivity contribution in [3.05, 3.63) is 36.0 Å². The molecule has 1 aliphatic heterocycles. The van der Waals surface area contributed by atoms with Crippen molar-refractivity contribution in [1.29, 1.82) is 0 Å². The zero-order valence-corrected chi connectivity index (χ0v) is 12.6. The van der Waals surface area contributed by atoms with Gasteiger partial charge in [0.25, 0.3) is 0 Å². The van der Waals surface area contributed by atoms with Crippen molar-refractivity contribution in [2.24, 2.45) is 5.92 Å². The number of anilines is 1. The Labute approximate surface area is 126 Å². The molecule has 0 radical (unpaired) electrons. The molecule has 3 rings (SSSR count). The molecule has 0 bridgehead atoms. The van der Waals surface area contributed by atoms with Gasteiger partial charge in [-0.05, 0) is 43.4 Å². The van der Waals surface area contributed by atoms with Gasteiger partial charge in [0, 0.05) is 18.7 Å². The van der Waals surface area contributed by atoms with Crippen molar-refractivity contribution in [3.8, 4) is 5.75 Å². The van der Waals surface area contributed by atoms with Crippen molar-refractivity contribution < 1.29 is 9.90 Å². The maximum absolute atomic E-state index is 11.9. The van der Waals surface area contributed by atoms with E-state index in [2.05, 4.69) is 4.90 Å². The van der Waals surface area contributed by atoms with Gasteiger partial charge in [0.15, 0.2) is 5.78 Å². The van der Waals surface area contributed by atoms with E-state index in [-0.39, 0.29) is 11.8 Å². The van der Waals surface area contributed by atoms with Crippen molar-refractivity contribution in [2.45, 2.75) is 51.5 Å². The molecule has 21 heavy (non-hydrogen) atoms. The number of rotatable bonds is 2. The van der Waals surface area contributed by atoms with Crippen LogP contribution in [-0.2, 0) is 4.79 Å². The summed E-state index contributed by atoms with van der Waals surface area (Å²) in [7, 11) is 0. The Balaban J connectivity index is 1.96. The monoisotopic (exact) mass is 285 g/mol. The molecule has 1 aromatic rings. The summed E-state index contributed by atoms with van der Waals surface area (Å²) >= 11 is 0. The fourth-order valence-corrected chi connectivity index (χ4v) is 3.78. The average molecular weight is 285 g/mol. The number of phenols is 1. The lowest BCUT2D eigenvalue weighted by Crippen LogP contribution is -2.42. The van der Waals surface area contributed by atoms with Crippen LogP contribution in [0.25, 0.3) is 0 Å². The molecule has 3 heteroatoms. The van der Waals surface area contributed by atoms with Crippen LogP contribution in [0.1, 0.15) is 44.1 Å². The van der Waals surface area contributed by atoms with Crippen molar-refractivity contribution >= 4 is 11.5 Å². The molecule has 1 aromatic carbocycles. The molecule has 1 atom stereocenters. The number of hydrogen-bond acceptors (Lipinski definition) is 3. The van der Waals surface area contributed by atoms with E-state index in [9.17, 15) is 9.90 Å². The van der Waals surface area contributed by atoms with Crippen LogP contribution < -0.4 is 4.90 Å². The standard InChI is InChI=1S/C18H23NO2/c1-13-6-5-9-17(21)18(13)19-11-10-15(20)12-16(19)14-7-3-2-4-8-14/h5-6,9-11,14,16,21H,2-4,7-8,12H2,1H3/t16-/m0/s1. The first-order chi connectivity index (χ1) is 10.2. The predicted molar refractivity (Wildman–Crippen MR) is 84.4 cm³/mol. The second-order valence-corrected chi connectivity index (χ2v) is 6.30. The Hall–Kier alpha value is -1.77. The third kappa shape index (κ3) is 2.82. The predicted octanol–water partition coefficient (Wildman–Crippen LogP) is 3.94. The molecule has 1 fully saturated rings. The lowest BCUT2D eigenvalue weighted by molar-refractivity contribution is -0.115. The SMILES string of the molecule is Cc1cccc(O)c1N1C=CC(=O)C[C@H]1C1CCCCC1. The van der Waals surface area contributed by atoms with E-state index in [1.807, 2.05) is 25.3 Å². The fraction of sp³-hybridized carbons (Fsp3) is 0.500. The van der Waals surface area contributed by atoms with E-state index >= 15 is 0 Å². The van der Waals surface area contributed by atoms with Crippen molar-refractivity contribution in [1.82, 2.24) is 0 Å². The zero-order valence-electron chi connectivity index (χ0n) is 12.6. The highest BCUT2D eigenvalue weighted by molar-refractivity contribution is 5.92. The van der Waals surface area contributed by atoms with Gasteiger partial charge < -0.3 is 10.0 Å². The molecular formula is C18H23NO2. The molecule has 0 unspecified atom stereocenters. The summed E-state index contributed by atoms with van der Waals surface area (Å²) in [5.41, 5.74) is 1.91. The molecule has 3 nitrogen and oxygen atoms in total. The normalized spacial score (nSPS) is 23.6. The van der Waals surface area contributed by atoms with Crippen LogP contribution in [0, 0.1) is 12.8 Å². The number of carbonyl (C=O) groups is 1. The Morgan fingerprint density at radius 2 is 1.95 bits per heavy atom. The Kier molecular flexibility index (Phi) is 4.00. The highest BCUT2D eigenvalue weighted by Gasteiger charge is 2.33. The fourth-order valence-electron chi connectivity index (χ4n) is 3.78. The quantitative estimate of drug-likeness (QED) is 0.894. The molecule has 0 aromatic heterocycles. The van der Waals surface area contributed by atoms with Gasteiger partial charge in [-0.3, -0.25) is 4.79 Å². The lowest BCUT2D eigenvalue weighted by atomic mass is 9.80. The molecule has 1 aliphatic carbocycles. The van der Waals surface area contributed by atoms with Crippen LogP contribution in [0.15, 0.2) is 30.5 Å². The first kappa shape index (κ1) is 14.2.